The number of carboxylic acid groups (broad SMARTS) is 1. The van der Waals surface area contributed by atoms with Crippen molar-refractivity contribution in [3.63, 3.8) is 0 Å². The Morgan fingerprint density at radius 3 is 2.58 bits per heavy atom. The van der Waals surface area contributed by atoms with Crippen LogP contribution in [0.15, 0.2) is 18.2 Å². The third-order valence-electron chi connectivity index (χ3n) is 2.53. The predicted molar refractivity (Wildman–Crippen MR) is 69.4 cm³/mol. The number of hydrogen-bond acceptors (Lipinski definition) is 3. The van der Waals surface area contributed by atoms with Crippen LogP contribution >= 0.6 is 0 Å². The minimum atomic E-state index is -1.39. The molecule has 0 aliphatic carbocycles. The van der Waals surface area contributed by atoms with Crippen LogP contribution in [0.25, 0.3) is 0 Å². The quantitative estimate of drug-likeness (QED) is 0.759. The molecular formula is C13H17FN2O3. The van der Waals surface area contributed by atoms with E-state index in [1.165, 1.54) is 6.07 Å². The molecule has 19 heavy (non-hydrogen) atoms. The lowest BCUT2D eigenvalue weighted by molar-refractivity contribution is -0.117. The van der Waals surface area contributed by atoms with Gasteiger partial charge in [0.05, 0.1) is 11.6 Å². The highest BCUT2D eigenvalue weighted by Gasteiger charge is 2.17. The van der Waals surface area contributed by atoms with E-state index in [1.807, 2.05) is 13.8 Å². The maximum Gasteiger partial charge on any atom is 0.338 e. The summed E-state index contributed by atoms with van der Waals surface area (Å²) in [7, 11) is 0. The van der Waals surface area contributed by atoms with E-state index in [9.17, 15) is 14.0 Å². The summed E-state index contributed by atoms with van der Waals surface area (Å²) in [5.74, 6) is -2.39. The number of anilines is 1. The van der Waals surface area contributed by atoms with Crippen LogP contribution in [0.2, 0.25) is 0 Å². The Balaban J connectivity index is 2.80. The number of carbonyl (C=O) groups is 2. The standard InChI is InChI=1S/C13H17FN2O3/c1-7(2)5-11(15)12(17)16-8-3-4-10(14)9(6-8)13(18)19/h3-4,6-7,11H,5,15H2,1-2H3,(H,16,17)(H,18,19). The van der Waals surface area contributed by atoms with E-state index in [-0.39, 0.29) is 11.6 Å². The molecule has 1 amide bonds. The number of amides is 1. The fourth-order valence-corrected chi connectivity index (χ4v) is 1.62. The van der Waals surface area contributed by atoms with Crippen molar-refractivity contribution in [2.45, 2.75) is 26.3 Å². The molecule has 0 bridgehead atoms. The molecule has 0 heterocycles. The molecule has 0 fully saturated rings. The van der Waals surface area contributed by atoms with Crippen LogP contribution in [-0.4, -0.2) is 23.0 Å². The molecule has 1 unspecified atom stereocenters. The van der Waals surface area contributed by atoms with Gasteiger partial charge in [-0.15, -0.1) is 0 Å². The zero-order valence-electron chi connectivity index (χ0n) is 10.8. The van der Waals surface area contributed by atoms with Gasteiger partial charge in [-0.05, 0) is 30.5 Å². The number of rotatable bonds is 5. The van der Waals surface area contributed by atoms with Gasteiger partial charge in [-0.25, -0.2) is 9.18 Å². The first kappa shape index (κ1) is 15.1. The van der Waals surface area contributed by atoms with Gasteiger partial charge >= 0.3 is 5.97 Å². The first-order chi connectivity index (χ1) is 8.81. The SMILES string of the molecule is CC(C)CC(N)C(=O)Nc1ccc(F)c(C(=O)O)c1. The summed E-state index contributed by atoms with van der Waals surface area (Å²) in [4.78, 5) is 22.5. The molecule has 1 aromatic carbocycles. The second-order valence-corrected chi connectivity index (χ2v) is 4.73. The van der Waals surface area contributed by atoms with Crippen LogP contribution in [0.4, 0.5) is 10.1 Å². The van der Waals surface area contributed by atoms with E-state index < -0.39 is 29.3 Å². The minimum absolute atomic E-state index is 0.211. The van der Waals surface area contributed by atoms with Crippen molar-refractivity contribution in [2.75, 3.05) is 5.32 Å². The van der Waals surface area contributed by atoms with Gasteiger partial charge < -0.3 is 16.2 Å². The average molecular weight is 268 g/mol. The summed E-state index contributed by atoms with van der Waals surface area (Å²) in [6.45, 7) is 3.88. The van der Waals surface area contributed by atoms with Gasteiger partial charge in [0, 0.05) is 5.69 Å². The lowest BCUT2D eigenvalue weighted by atomic mass is 10.0. The van der Waals surface area contributed by atoms with Crippen LogP contribution in [-0.2, 0) is 4.79 Å². The number of halogens is 1. The Morgan fingerprint density at radius 2 is 2.05 bits per heavy atom. The topological polar surface area (TPSA) is 92.4 Å². The van der Waals surface area contributed by atoms with Crippen LogP contribution in [0, 0.1) is 11.7 Å². The molecule has 4 N–H and O–H groups in total. The van der Waals surface area contributed by atoms with Gasteiger partial charge in [-0.1, -0.05) is 13.8 Å². The average Bonchev–Trinajstić information content (AvgIpc) is 2.30. The van der Waals surface area contributed by atoms with E-state index in [1.54, 1.807) is 0 Å². The number of hydrogen-bond donors (Lipinski definition) is 3. The molecule has 5 nitrogen and oxygen atoms in total. The fourth-order valence-electron chi connectivity index (χ4n) is 1.62. The lowest BCUT2D eigenvalue weighted by Crippen LogP contribution is -2.36. The Kier molecular flexibility index (Phi) is 5.00. The smallest absolute Gasteiger partial charge is 0.338 e. The van der Waals surface area contributed by atoms with E-state index in [0.717, 1.165) is 12.1 Å². The van der Waals surface area contributed by atoms with Crippen molar-refractivity contribution in [3.8, 4) is 0 Å². The molecule has 0 spiro atoms. The summed E-state index contributed by atoms with van der Waals surface area (Å²) in [6.07, 6.45) is 0.513. The number of nitrogens with one attached hydrogen (secondary N) is 1. The second kappa shape index (κ2) is 6.29. The normalized spacial score (nSPS) is 12.3. The van der Waals surface area contributed by atoms with Gasteiger partial charge in [0.15, 0.2) is 0 Å². The maximum atomic E-state index is 13.2. The summed E-state index contributed by atoms with van der Waals surface area (Å²) in [5.41, 5.74) is 5.41. The van der Waals surface area contributed by atoms with Crippen LogP contribution < -0.4 is 11.1 Å². The van der Waals surface area contributed by atoms with E-state index in [0.29, 0.717) is 6.42 Å². The third-order valence-corrected chi connectivity index (χ3v) is 2.53. The van der Waals surface area contributed by atoms with Crippen molar-refractivity contribution >= 4 is 17.6 Å². The van der Waals surface area contributed by atoms with Gasteiger partial charge in [0.25, 0.3) is 0 Å². The number of carboxylic acids is 1. The number of carbonyl (C=O) groups excluding carboxylic acids is 1. The lowest BCUT2D eigenvalue weighted by Gasteiger charge is -2.14. The summed E-state index contributed by atoms with van der Waals surface area (Å²) >= 11 is 0. The third kappa shape index (κ3) is 4.33. The van der Waals surface area contributed by atoms with Crippen molar-refractivity contribution in [3.05, 3.63) is 29.6 Å². The Morgan fingerprint density at radius 1 is 1.42 bits per heavy atom. The molecule has 104 valence electrons. The second-order valence-electron chi connectivity index (χ2n) is 4.73. The molecule has 0 saturated heterocycles. The highest BCUT2D eigenvalue weighted by atomic mass is 19.1. The number of aromatic carboxylic acids is 1. The molecule has 0 aromatic heterocycles. The Labute approximate surface area is 110 Å². The van der Waals surface area contributed by atoms with Crippen molar-refractivity contribution in [1.82, 2.24) is 0 Å². The van der Waals surface area contributed by atoms with Crippen LogP contribution in [0.1, 0.15) is 30.6 Å². The fraction of sp³-hybridized carbons (Fsp3) is 0.385. The Hall–Kier alpha value is -1.95. The van der Waals surface area contributed by atoms with Crippen molar-refractivity contribution in [2.24, 2.45) is 11.7 Å². The molecule has 1 rings (SSSR count). The zero-order chi connectivity index (χ0) is 14.6. The molecule has 1 aromatic rings. The zero-order valence-corrected chi connectivity index (χ0v) is 10.8. The van der Waals surface area contributed by atoms with Crippen LogP contribution in [0.3, 0.4) is 0 Å². The molecular weight excluding hydrogens is 251 g/mol. The number of nitrogens with two attached hydrogens (primary N) is 1. The highest BCUT2D eigenvalue weighted by molar-refractivity contribution is 5.96. The molecule has 6 heteroatoms. The van der Waals surface area contributed by atoms with Gasteiger partial charge in [0.2, 0.25) is 5.91 Å². The van der Waals surface area contributed by atoms with Crippen LogP contribution in [0.5, 0.6) is 0 Å². The Bertz CT molecular complexity index is 489. The minimum Gasteiger partial charge on any atom is -0.478 e. The highest BCUT2D eigenvalue weighted by Crippen LogP contribution is 2.15. The van der Waals surface area contributed by atoms with Crippen molar-refractivity contribution < 1.29 is 19.1 Å². The molecule has 1 atom stereocenters. The summed E-state index contributed by atoms with van der Waals surface area (Å²) in [6, 6.07) is 2.67. The van der Waals surface area contributed by atoms with E-state index in [4.69, 9.17) is 10.8 Å². The monoisotopic (exact) mass is 268 g/mol. The van der Waals surface area contributed by atoms with Gasteiger partial charge in [0.1, 0.15) is 5.82 Å². The molecule has 0 aliphatic rings. The molecule has 0 aliphatic heterocycles. The maximum absolute atomic E-state index is 13.2. The predicted octanol–water partition coefficient (Wildman–Crippen LogP) is 1.84. The number of benzene rings is 1. The van der Waals surface area contributed by atoms with Gasteiger partial charge in [-0.3, -0.25) is 4.79 Å². The van der Waals surface area contributed by atoms with Gasteiger partial charge in [-0.2, -0.15) is 0 Å². The molecule has 0 saturated carbocycles. The summed E-state index contributed by atoms with van der Waals surface area (Å²) < 4.78 is 13.2. The van der Waals surface area contributed by atoms with E-state index >= 15 is 0 Å². The molecule has 0 radical (unpaired) electrons. The van der Waals surface area contributed by atoms with Crippen molar-refractivity contribution in [1.29, 1.82) is 0 Å². The largest absolute Gasteiger partial charge is 0.478 e. The first-order valence-electron chi connectivity index (χ1n) is 5.90. The van der Waals surface area contributed by atoms with E-state index in [2.05, 4.69) is 5.32 Å². The first-order valence-corrected chi connectivity index (χ1v) is 5.90. The summed E-state index contributed by atoms with van der Waals surface area (Å²) in [5, 5.41) is 11.3.